The Kier molecular flexibility index (Phi) is 6.79. The van der Waals surface area contributed by atoms with Crippen molar-refractivity contribution < 1.29 is 9.53 Å². The van der Waals surface area contributed by atoms with Gasteiger partial charge in [0.1, 0.15) is 11.4 Å². The highest BCUT2D eigenvalue weighted by atomic mass is 32.2. The monoisotopic (exact) mass is 459 g/mol. The van der Waals surface area contributed by atoms with Crippen molar-refractivity contribution in [2.45, 2.75) is 31.4 Å². The Hall–Kier alpha value is -3.58. The van der Waals surface area contributed by atoms with Crippen LogP contribution in [0.2, 0.25) is 0 Å². The number of nitrogens with zero attached hydrogens (tertiary/aromatic N) is 2. The molecule has 4 rings (SSSR count). The molecule has 0 aliphatic heterocycles. The first kappa shape index (κ1) is 22.6. The third-order valence-corrected chi connectivity index (χ3v) is 6.29. The van der Waals surface area contributed by atoms with Gasteiger partial charge in [0.05, 0.1) is 11.4 Å². The van der Waals surface area contributed by atoms with Gasteiger partial charge in [-0.15, -0.1) is 11.8 Å². The van der Waals surface area contributed by atoms with Crippen molar-refractivity contribution >= 4 is 29.0 Å². The van der Waals surface area contributed by atoms with E-state index < -0.39 is 0 Å². The molecule has 2 heterocycles. The van der Waals surface area contributed by atoms with Gasteiger partial charge >= 0.3 is 0 Å². The molecule has 1 N–H and O–H groups in total. The van der Waals surface area contributed by atoms with Crippen molar-refractivity contribution in [3.8, 4) is 5.75 Å². The fourth-order valence-corrected chi connectivity index (χ4v) is 4.32. The zero-order chi connectivity index (χ0) is 23.4. The van der Waals surface area contributed by atoms with E-state index >= 15 is 0 Å². The molecule has 168 valence electrons. The first-order valence-corrected chi connectivity index (χ1v) is 11.6. The molecular weight excluding hydrogens is 434 g/mol. The van der Waals surface area contributed by atoms with Crippen LogP contribution in [0.3, 0.4) is 0 Å². The lowest BCUT2D eigenvalue weighted by Crippen LogP contribution is -2.20. The van der Waals surface area contributed by atoms with Gasteiger partial charge in [-0.1, -0.05) is 30.3 Å². The Morgan fingerprint density at radius 2 is 1.85 bits per heavy atom. The Labute approximate surface area is 196 Å². The van der Waals surface area contributed by atoms with Gasteiger partial charge in [0.25, 0.3) is 11.5 Å². The molecule has 33 heavy (non-hydrogen) atoms. The maximum Gasteiger partial charge on any atom is 0.262 e. The average molecular weight is 460 g/mol. The summed E-state index contributed by atoms with van der Waals surface area (Å²) in [5.74, 6) is 0.977. The van der Waals surface area contributed by atoms with E-state index in [2.05, 4.69) is 10.3 Å². The number of pyridine rings is 1. The zero-order valence-corrected chi connectivity index (χ0v) is 19.6. The van der Waals surface area contributed by atoms with E-state index in [9.17, 15) is 9.59 Å². The summed E-state index contributed by atoms with van der Waals surface area (Å²) in [5.41, 5.74) is 4.95. The third-order valence-electron chi connectivity index (χ3n) is 5.18. The molecule has 0 spiro atoms. The summed E-state index contributed by atoms with van der Waals surface area (Å²) >= 11 is 1.52. The maximum atomic E-state index is 12.5. The molecule has 0 atom stereocenters. The van der Waals surface area contributed by atoms with Crippen LogP contribution in [0.5, 0.6) is 5.75 Å². The molecule has 0 unspecified atom stereocenters. The van der Waals surface area contributed by atoms with Crippen LogP contribution in [0.1, 0.15) is 22.4 Å². The second-order valence-corrected chi connectivity index (χ2v) is 8.88. The van der Waals surface area contributed by atoms with E-state index in [1.165, 1.54) is 11.8 Å². The van der Waals surface area contributed by atoms with E-state index in [0.29, 0.717) is 28.5 Å². The zero-order valence-electron chi connectivity index (χ0n) is 18.8. The number of hydrogen-bond donors (Lipinski definition) is 1. The van der Waals surface area contributed by atoms with Crippen molar-refractivity contribution in [1.82, 2.24) is 9.38 Å². The number of carbonyl (C=O) groups is 1. The van der Waals surface area contributed by atoms with E-state index in [1.807, 2.05) is 75.4 Å². The number of nitrogens with one attached hydrogen (secondary N) is 1. The highest BCUT2D eigenvalue weighted by Crippen LogP contribution is 2.29. The molecule has 0 aliphatic carbocycles. The fourth-order valence-electron chi connectivity index (χ4n) is 3.42. The van der Waals surface area contributed by atoms with Crippen LogP contribution >= 0.6 is 11.8 Å². The Balaban J connectivity index is 1.44. The minimum absolute atomic E-state index is 0.0778. The number of ether oxygens (including phenoxy) is 1. The first-order chi connectivity index (χ1) is 15.9. The van der Waals surface area contributed by atoms with Crippen molar-refractivity contribution in [1.29, 1.82) is 0 Å². The van der Waals surface area contributed by atoms with E-state index in [-0.39, 0.29) is 18.1 Å². The third kappa shape index (κ3) is 5.43. The topological polar surface area (TPSA) is 72.7 Å². The smallest absolute Gasteiger partial charge is 0.262 e. The first-order valence-electron chi connectivity index (χ1n) is 10.6. The lowest BCUT2D eigenvalue weighted by molar-refractivity contribution is -0.118. The standard InChI is InChI=1S/C26H25N3O3S/c1-17-10-11-18(2)22(13-17)32-15-24(30)28-21-8-4-5-9-23(21)33-16-20-14-25(31)29-12-6-7-19(3)26(29)27-20/h4-14H,15-16H2,1-3H3,(H,28,30). The van der Waals surface area contributed by atoms with Crippen LogP contribution in [-0.2, 0) is 10.5 Å². The van der Waals surface area contributed by atoms with Crippen molar-refractivity contribution in [3.63, 3.8) is 0 Å². The summed E-state index contributed by atoms with van der Waals surface area (Å²) in [6.45, 7) is 5.79. The van der Waals surface area contributed by atoms with Gasteiger partial charge in [0.15, 0.2) is 6.61 Å². The van der Waals surface area contributed by atoms with Crippen molar-refractivity contribution in [2.24, 2.45) is 0 Å². The number of rotatable bonds is 7. The minimum atomic E-state index is -0.235. The van der Waals surface area contributed by atoms with Gasteiger partial charge < -0.3 is 10.1 Å². The van der Waals surface area contributed by atoms with Crippen LogP contribution in [0.4, 0.5) is 5.69 Å². The molecule has 0 aliphatic rings. The molecule has 0 fully saturated rings. The molecule has 2 aromatic carbocycles. The van der Waals surface area contributed by atoms with Crippen molar-refractivity contribution in [3.05, 3.63) is 99.6 Å². The minimum Gasteiger partial charge on any atom is -0.483 e. The second kappa shape index (κ2) is 9.92. The highest BCUT2D eigenvalue weighted by Gasteiger charge is 2.11. The molecule has 0 radical (unpaired) electrons. The Bertz CT molecular complexity index is 1380. The SMILES string of the molecule is Cc1ccc(C)c(OCC(=O)Nc2ccccc2SCc2cc(=O)n3cccc(C)c3n2)c1. The van der Waals surface area contributed by atoms with Gasteiger partial charge in [-0.05, 0) is 61.7 Å². The number of fused-ring (bicyclic) bond motifs is 1. The molecule has 4 aromatic rings. The quantitative estimate of drug-likeness (QED) is 0.397. The van der Waals surface area contributed by atoms with E-state index in [0.717, 1.165) is 21.6 Å². The lowest BCUT2D eigenvalue weighted by atomic mass is 10.1. The molecule has 0 saturated carbocycles. The van der Waals surface area contributed by atoms with Crippen LogP contribution < -0.4 is 15.6 Å². The number of carbonyl (C=O) groups excluding carboxylic acids is 1. The number of aromatic nitrogens is 2. The summed E-state index contributed by atoms with van der Waals surface area (Å²) in [4.78, 5) is 30.5. The maximum absolute atomic E-state index is 12.5. The predicted octanol–water partition coefficient (Wildman–Crippen LogP) is 4.93. The summed E-state index contributed by atoms with van der Waals surface area (Å²) in [6.07, 6.45) is 1.72. The van der Waals surface area contributed by atoms with Gasteiger partial charge in [-0.25, -0.2) is 4.98 Å². The van der Waals surface area contributed by atoms with Gasteiger partial charge in [-0.3, -0.25) is 14.0 Å². The number of aryl methyl sites for hydroxylation is 3. The number of hydrogen-bond acceptors (Lipinski definition) is 5. The van der Waals surface area contributed by atoms with Crippen LogP contribution in [0.25, 0.3) is 5.65 Å². The molecular formula is C26H25N3O3S. The molecule has 6 nitrogen and oxygen atoms in total. The number of benzene rings is 2. The largest absolute Gasteiger partial charge is 0.483 e. The fraction of sp³-hybridized carbons (Fsp3) is 0.192. The number of anilines is 1. The normalized spacial score (nSPS) is 10.9. The van der Waals surface area contributed by atoms with Gasteiger partial charge in [0.2, 0.25) is 0 Å². The molecule has 1 amide bonds. The van der Waals surface area contributed by atoms with E-state index in [4.69, 9.17) is 4.74 Å². The summed E-state index contributed by atoms with van der Waals surface area (Å²) in [7, 11) is 0. The van der Waals surface area contributed by atoms with Crippen LogP contribution in [-0.4, -0.2) is 21.9 Å². The summed E-state index contributed by atoms with van der Waals surface area (Å²) in [6, 6.07) is 18.8. The Morgan fingerprint density at radius 3 is 2.70 bits per heavy atom. The Morgan fingerprint density at radius 1 is 1.03 bits per heavy atom. The number of amides is 1. The lowest BCUT2D eigenvalue weighted by Gasteiger charge is -2.13. The molecule has 0 saturated heterocycles. The predicted molar refractivity (Wildman–Crippen MR) is 132 cm³/mol. The van der Waals surface area contributed by atoms with E-state index in [1.54, 1.807) is 16.7 Å². The number of para-hydroxylation sites is 1. The highest BCUT2D eigenvalue weighted by molar-refractivity contribution is 7.98. The van der Waals surface area contributed by atoms with Gasteiger partial charge in [-0.2, -0.15) is 0 Å². The van der Waals surface area contributed by atoms with Crippen LogP contribution in [0, 0.1) is 20.8 Å². The summed E-state index contributed by atoms with van der Waals surface area (Å²) < 4.78 is 7.27. The second-order valence-electron chi connectivity index (χ2n) is 7.86. The average Bonchev–Trinajstić information content (AvgIpc) is 2.80. The van der Waals surface area contributed by atoms with Gasteiger partial charge in [0, 0.05) is 22.9 Å². The summed E-state index contributed by atoms with van der Waals surface area (Å²) in [5, 5.41) is 2.93. The number of thioether (sulfide) groups is 1. The molecule has 2 aromatic heterocycles. The van der Waals surface area contributed by atoms with Crippen LogP contribution in [0.15, 0.2) is 76.6 Å². The van der Waals surface area contributed by atoms with Crippen molar-refractivity contribution in [2.75, 3.05) is 11.9 Å². The molecule has 7 heteroatoms. The molecule has 0 bridgehead atoms.